The predicted octanol–water partition coefficient (Wildman–Crippen LogP) is 2.95. The van der Waals surface area contributed by atoms with Gasteiger partial charge in [-0.1, -0.05) is 37.6 Å². The van der Waals surface area contributed by atoms with E-state index in [-0.39, 0.29) is 18.5 Å². The molecule has 1 aromatic rings. The standard InChI is InChI=1S/C19H26O5/c1-3-5-15-7-9-16(10-8-15)18(20)13-24-19(21)14(2)23-12-17-6-4-11-22-17/h7-10,14,17H,3-6,11-13H2,1-2H3. The van der Waals surface area contributed by atoms with Crippen LogP contribution in [0.4, 0.5) is 0 Å². The highest BCUT2D eigenvalue weighted by atomic mass is 16.6. The van der Waals surface area contributed by atoms with Gasteiger partial charge >= 0.3 is 5.97 Å². The van der Waals surface area contributed by atoms with Crippen LogP contribution in [0.5, 0.6) is 0 Å². The van der Waals surface area contributed by atoms with E-state index >= 15 is 0 Å². The van der Waals surface area contributed by atoms with Gasteiger partial charge < -0.3 is 14.2 Å². The Kier molecular flexibility index (Phi) is 7.40. The molecule has 5 nitrogen and oxygen atoms in total. The third-order valence-corrected chi connectivity index (χ3v) is 4.05. The first-order valence-corrected chi connectivity index (χ1v) is 8.62. The Morgan fingerprint density at radius 2 is 2.04 bits per heavy atom. The van der Waals surface area contributed by atoms with Crippen LogP contribution in [0, 0.1) is 0 Å². The van der Waals surface area contributed by atoms with Crippen molar-refractivity contribution in [3.63, 3.8) is 0 Å². The number of benzene rings is 1. The van der Waals surface area contributed by atoms with E-state index in [0.29, 0.717) is 12.2 Å². The van der Waals surface area contributed by atoms with Crippen LogP contribution in [0.2, 0.25) is 0 Å². The van der Waals surface area contributed by atoms with Crippen LogP contribution in [-0.4, -0.2) is 43.8 Å². The van der Waals surface area contributed by atoms with Crippen molar-refractivity contribution in [3.05, 3.63) is 35.4 Å². The summed E-state index contributed by atoms with van der Waals surface area (Å²) >= 11 is 0. The zero-order valence-corrected chi connectivity index (χ0v) is 14.5. The second-order valence-electron chi connectivity index (χ2n) is 6.09. The van der Waals surface area contributed by atoms with Gasteiger partial charge in [0.2, 0.25) is 0 Å². The van der Waals surface area contributed by atoms with Gasteiger partial charge in [-0.3, -0.25) is 4.79 Å². The Labute approximate surface area is 143 Å². The Balaban J connectivity index is 1.72. The van der Waals surface area contributed by atoms with E-state index in [9.17, 15) is 9.59 Å². The minimum absolute atomic E-state index is 0.0588. The largest absolute Gasteiger partial charge is 0.455 e. The van der Waals surface area contributed by atoms with Crippen LogP contribution >= 0.6 is 0 Å². The lowest BCUT2D eigenvalue weighted by Crippen LogP contribution is -2.28. The number of rotatable bonds is 9. The molecule has 0 aliphatic carbocycles. The average molecular weight is 334 g/mol. The van der Waals surface area contributed by atoms with E-state index in [0.717, 1.165) is 32.3 Å². The summed E-state index contributed by atoms with van der Waals surface area (Å²) in [6.45, 7) is 4.60. The number of ether oxygens (including phenoxy) is 3. The van der Waals surface area contributed by atoms with Gasteiger partial charge in [0.05, 0.1) is 12.7 Å². The van der Waals surface area contributed by atoms with E-state index in [2.05, 4.69) is 6.92 Å². The highest BCUT2D eigenvalue weighted by Gasteiger charge is 2.21. The monoisotopic (exact) mass is 334 g/mol. The molecule has 24 heavy (non-hydrogen) atoms. The van der Waals surface area contributed by atoms with Crippen molar-refractivity contribution in [2.24, 2.45) is 0 Å². The zero-order valence-electron chi connectivity index (χ0n) is 14.5. The second kappa shape index (κ2) is 9.55. The fraction of sp³-hybridized carbons (Fsp3) is 0.579. The van der Waals surface area contributed by atoms with Crippen molar-refractivity contribution in [3.8, 4) is 0 Å². The summed E-state index contributed by atoms with van der Waals surface area (Å²) in [5.74, 6) is -0.735. The first-order chi connectivity index (χ1) is 11.6. The average Bonchev–Trinajstić information content (AvgIpc) is 3.11. The number of hydrogen-bond donors (Lipinski definition) is 0. The second-order valence-corrected chi connectivity index (χ2v) is 6.09. The van der Waals surface area contributed by atoms with Gasteiger partial charge in [-0.15, -0.1) is 0 Å². The summed E-state index contributed by atoms with van der Waals surface area (Å²) in [6.07, 6.45) is 3.39. The number of esters is 1. The lowest BCUT2D eigenvalue weighted by Gasteiger charge is -2.15. The third kappa shape index (κ3) is 5.73. The molecule has 2 atom stereocenters. The summed E-state index contributed by atoms with van der Waals surface area (Å²) < 4.78 is 16.0. The maximum absolute atomic E-state index is 12.1. The highest BCUT2D eigenvalue weighted by Crippen LogP contribution is 2.13. The molecule has 0 aromatic heterocycles. The fourth-order valence-corrected chi connectivity index (χ4v) is 2.58. The summed E-state index contributed by atoms with van der Waals surface area (Å²) in [6, 6.07) is 7.43. The Bertz CT molecular complexity index is 531. The van der Waals surface area contributed by atoms with Crippen LogP contribution in [0.15, 0.2) is 24.3 Å². The van der Waals surface area contributed by atoms with Crippen molar-refractivity contribution >= 4 is 11.8 Å². The SMILES string of the molecule is CCCc1ccc(C(=O)COC(=O)C(C)OCC2CCCO2)cc1. The number of carbonyl (C=O) groups excluding carboxylic acids is 2. The lowest BCUT2D eigenvalue weighted by molar-refractivity contribution is -0.156. The van der Waals surface area contributed by atoms with Crippen LogP contribution in [0.25, 0.3) is 0 Å². The van der Waals surface area contributed by atoms with Gasteiger partial charge in [-0.25, -0.2) is 4.79 Å². The van der Waals surface area contributed by atoms with E-state index in [4.69, 9.17) is 14.2 Å². The first kappa shape index (κ1) is 18.6. The molecule has 1 heterocycles. The van der Waals surface area contributed by atoms with Crippen LogP contribution in [0.3, 0.4) is 0 Å². The molecule has 2 unspecified atom stereocenters. The molecule has 0 spiro atoms. The lowest BCUT2D eigenvalue weighted by atomic mass is 10.1. The summed E-state index contributed by atoms with van der Waals surface area (Å²) in [5, 5.41) is 0. The molecule has 1 fully saturated rings. The molecule has 1 saturated heterocycles. The number of hydrogen-bond acceptors (Lipinski definition) is 5. The van der Waals surface area contributed by atoms with Crippen LogP contribution < -0.4 is 0 Å². The van der Waals surface area contributed by atoms with Gasteiger partial charge in [0, 0.05) is 12.2 Å². The molecule has 132 valence electrons. The molecule has 1 aliphatic heterocycles. The molecule has 5 heteroatoms. The van der Waals surface area contributed by atoms with Gasteiger partial charge in [-0.2, -0.15) is 0 Å². The topological polar surface area (TPSA) is 61.8 Å². The molecule has 0 radical (unpaired) electrons. The van der Waals surface area contributed by atoms with Gasteiger partial charge in [0.15, 0.2) is 18.5 Å². The Morgan fingerprint density at radius 1 is 1.29 bits per heavy atom. The summed E-state index contributed by atoms with van der Waals surface area (Å²) in [5.41, 5.74) is 1.75. The van der Waals surface area contributed by atoms with E-state index in [1.54, 1.807) is 19.1 Å². The number of Topliss-reactive ketones (excluding diaryl/α,β-unsaturated/α-hetero) is 1. The number of carbonyl (C=O) groups is 2. The minimum atomic E-state index is -0.700. The molecule has 0 bridgehead atoms. The zero-order chi connectivity index (χ0) is 17.4. The maximum Gasteiger partial charge on any atom is 0.335 e. The van der Waals surface area contributed by atoms with E-state index < -0.39 is 12.1 Å². The molecule has 0 amide bonds. The van der Waals surface area contributed by atoms with E-state index in [1.807, 2.05) is 12.1 Å². The molecule has 1 aromatic carbocycles. The van der Waals surface area contributed by atoms with Gasteiger partial charge in [0.1, 0.15) is 0 Å². The highest BCUT2D eigenvalue weighted by molar-refractivity contribution is 5.98. The van der Waals surface area contributed by atoms with Crippen molar-refractivity contribution in [2.75, 3.05) is 19.8 Å². The molecule has 2 rings (SSSR count). The van der Waals surface area contributed by atoms with Crippen molar-refractivity contribution in [2.45, 2.75) is 51.7 Å². The smallest absolute Gasteiger partial charge is 0.335 e. The van der Waals surface area contributed by atoms with Crippen LogP contribution in [0.1, 0.15) is 49.0 Å². The molecular formula is C19H26O5. The number of ketones is 1. The Hall–Kier alpha value is -1.72. The number of aryl methyl sites for hydroxylation is 1. The Morgan fingerprint density at radius 3 is 2.67 bits per heavy atom. The first-order valence-electron chi connectivity index (χ1n) is 8.62. The molecule has 1 aliphatic rings. The van der Waals surface area contributed by atoms with Gasteiger partial charge in [-0.05, 0) is 31.7 Å². The summed E-state index contributed by atoms with van der Waals surface area (Å²) in [7, 11) is 0. The normalized spacial score (nSPS) is 18.3. The van der Waals surface area contributed by atoms with Gasteiger partial charge in [0.25, 0.3) is 0 Å². The van der Waals surface area contributed by atoms with Crippen molar-refractivity contribution in [1.29, 1.82) is 0 Å². The van der Waals surface area contributed by atoms with E-state index in [1.165, 1.54) is 5.56 Å². The third-order valence-electron chi connectivity index (χ3n) is 4.05. The fourth-order valence-electron chi connectivity index (χ4n) is 2.58. The van der Waals surface area contributed by atoms with Crippen LogP contribution in [-0.2, 0) is 25.4 Å². The quantitative estimate of drug-likeness (QED) is 0.513. The summed E-state index contributed by atoms with van der Waals surface area (Å²) in [4.78, 5) is 24.0. The maximum atomic E-state index is 12.1. The predicted molar refractivity (Wildman–Crippen MR) is 90.1 cm³/mol. The van der Waals surface area contributed by atoms with Crippen molar-refractivity contribution < 1.29 is 23.8 Å². The molecule has 0 saturated carbocycles. The van der Waals surface area contributed by atoms with Crippen molar-refractivity contribution in [1.82, 2.24) is 0 Å². The minimum Gasteiger partial charge on any atom is -0.455 e. The molecular weight excluding hydrogens is 308 g/mol. The molecule has 0 N–H and O–H groups in total.